The van der Waals surface area contributed by atoms with Crippen LogP contribution in [0.2, 0.25) is 0 Å². The van der Waals surface area contributed by atoms with Gasteiger partial charge in [0.2, 0.25) is 5.91 Å². The highest BCUT2D eigenvalue weighted by molar-refractivity contribution is 7.09. The summed E-state index contributed by atoms with van der Waals surface area (Å²) in [4.78, 5) is 25.6. The van der Waals surface area contributed by atoms with Crippen molar-refractivity contribution in [3.63, 3.8) is 0 Å². The lowest BCUT2D eigenvalue weighted by molar-refractivity contribution is -0.146. The molecule has 0 fully saturated rings. The molecule has 0 atom stereocenters. The molecular weight excluding hydrogens is 238 g/mol. The van der Waals surface area contributed by atoms with Gasteiger partial charge < -0.3 is 9.64 Å². The molecule has 0 saturated carbocycles. The number of ether oxygens (including phenoxy) is 1. The largest absolute Gasteiger partial charge is 0.468 e. The minimum atomic E-state index is -0.378. The average Bonchev–Trinajstić information content (AvgIpc) is 2.85. The van der Waals surface area contributed by atoms with Crippen LogP contribution in [0.15, 0.2) is 17.5 Å². The van der Waals surface area contributed by atoms with Crippen LogP contribution in [0.3, 0.4) is 0 Å². The highest BCUT2D eigenvalue weighted by Crippen LogP contribution is 2.11. The number of aryl methyl sites for hydroxylation is 1. The summed E-state index contributed by atoms with van der Waals surface area (Å²) in [5, 5.41) is 1.99. The zero-order chi connectivity index (χ0) is 12.7. The number of likely N-dealkylation sites (N-methyl/N-ethyl adjacent to an activating group) is 1. The van der Waals surface area contributed by atoms with Gasteiger partial charge in [0.05, 0.1) is 7.11 Å². The van der Waals surface area contributed by atoms with Gasteiger partial charge in [0.25, 0.3) is 0 Å². The summed E-state index contributed by atoms with van der Waals surface area (Å²) >= 11 is 1.64. The Labute approximate surface area is 105 Å². The molecule has 17 heavy (non-hydrogen) atoms. The van der Waals surface area contributed by atoms with Crippen molar-refractivity contribution in [2.45, 2.75) is 19.8 Å². The van der Waals surface area contributed by atoms with E-state index in [1.54, 1.807) is 11.3 Å². The molecule has 5 heteroatoms. The highest BCUT2D eigenvalue weighted by Gasteiger charge is 2.15. The van der Waals surface area contributed by atoms with Gasteiger partial charge in [-0.15, -0.1) is 11.3 Å². The molecule has 94 valence electrons. The second-order valence-electron chi connectivity index (χ2n) is 3.56. The molecule has 1 aromatic rings. The van der Waals surface area contributed by atoms with Gasteiger partial charge in [-0.3, -0.25) is 9.59 Å². The molecule has 0 aliphatic carbocycles. The fraction of sp³-hybridized carbons (Fsp3) is 0.500. The molecule has 0 aromatic carbocycles. The van der Waals surface area contributed by atoms with Crippen molar-refractivity contribution in [1.29, 1.82) is 0 Å². The Balaban J connectivity index is 2.41. The zero-order valence-electron chi connectivity index (χ0n) is 10.1. The minimum Gasteiger partial charge on any atom is -0.468 e. The summed E-state index contributed by atoms with van der Waals surface area (Å²) in [6.07, 6.45) is 1.17. The predicted molar refractivity (Wildman–Crippen MR) is 66.9 cm³/mol. The standard InChI is InChI=1S/C12H17NO3S/c1-3-13(9-12(15)16-2)11(14)7-6-10-5-4-8-17-10/h4-5,8H,3,6-7,9H2,1-2H3. The van der Waals surface area contributed by atoms with Crippen LogP contribution in [0.1, 0.15) is 18.2 Å². The normalized spacial score (nSPS) is 10.0. The monoisotopic (exact) mass is 255 g/mol. The summed E-state index contributed by atoms with van der Waals surface area (Å²) in [5.74, 6) is -0.386. The molecule has 1 rings (SSSR count). The predicted octanol–water partition coefficient (Wildman–Crippen LogP) is 1.70. The average molecular weight is 255 g/mol. The fourth-order valence-corrected chi connectivity index (χ4v) is 2.15. The lowest BCUT2D eigenvalue weighted by Crippen LogP contribution is -2.36. The second-order valence-corrected chi connectivity index (χ2v) is 4.60. The van der Waals surface area contributed by atoms with Crippen molar-refractivity contribution < 1.29 is 14.3 Å². The Bertz CT molecular complexity index is 362. The molecule has 0 bridgehead atoms. The first-order valence-corrected chi connectivity index (χ1v) is 6.42. The number of carbonyl (C=O) groups excluding carboxylic acids is 2. The van der Waals surface area contributed by atoms with Crippen molar-refractivity contribution in [1.82, 2.24) is 4.90 Å². The van der Waals surface area contributed by atoms with Crippen LogP contribution in [0.5, 0.6) is 0 Å². The number of hydrogen-bond donors (Lipinski definition) is 0. The van der Waals surface area contributed by atoms with Crippen molar-refractivity contribution in [2.75, 3.05) is 20.2 Å². The zero-order valence-corrected chi connectivity index (χ0v) is 11.0. The Morgan fingerprint density at radius 1 is 1.47 bits per heavy atom. The molecule has 0 saturated heterocycles. The molecule has 1 heterocycles. The van der Waals surface area contributed by atoms with Gasteiger partial charge in [-0.1, -0.05) is 6.07 Å². The van der Waals surface area contributed by atoms with Gasteiger partial charge in [-0.25, -0.2) is 0 Å². The Hall–Kier alpha value is -1.36. The maximum atomic E-state index is 11.8. The number of amides is 1. The van der Waals surface area contributed by atoms with Crippen LogP contribution in [0.25, 0.3) is 0 Å². The van der Waals surface area contributed by atoms with Gasteiger partial charge >= 0.3 is 5.97 Å². The van der Waals surface area contributed by atoms with Crippen LogP contribution in [0, 0.1) is 0 Å². The van der Waals surface area contributed by atoms with Crippen molar-refractivity contribution in [3.8, 4) is 0 Å². The highest BCUT2D eigenvalue weighted by atomic mass is 32.1. The molecule has 0 aliphatic rings. The van der Waals surface area contributed by atoms with E-state index in [1.807, 2.05) is 24.4 Å². The van der Waals surface area contributed by atoms with Crippen LogP contribution >= 0.6 is 11.3 Å². The first-order valence-electron chi connectivity index (χ1n) is 5.54. The van der Waals surface area contributed by atoms with E-state index in [-0.39, 0.29) is 18.4 Å². The molecule has 0 N–H and O–H groups in total. The smallest absolute Gasteiger partial charge is 0.325 e. The first kappa shape index (κ1) is 13.7. The Kier molecular flexibility index (Phi) is 5.69. The van der Waals surface area contributed by atoms with Gasteiger partial charge in [0, 0.05) is 17.8 Å². The summed E-state index contributed by atoms with van der Waals surface area (Å²) in [7, 11) is 1.33. The molecule has 4 nitrogen and oxygen atoms in total. The first-order chi connectivity index (χ1) is 8.17. The molecule has 0 radical (unpaired) electrons. The van der Waals surface area contributed by atoms with Crippen LogP contribution in [-0.4, -0.2) is 37.0 Å². The molecule has 0 unspecified atom stereocenters. The molecule has 1 aromatic heterocycles. The molecule has 1 amide bonds. The number of methoxy groups -OCH3 is 1. The van der Waals surface area contributed by atoms with E-state index in [0.29, 0.717) is 13.0 Å². The summed E-state index contributed by atoms with van der Waals surface area (Å²) in [6.45, 7) is 2.42. The third-order valence-electron chi connectivity index (χ3n) is 2.45. The number of hydrogen-bond acceptors (Lipinski definition) is 4. The Morgan fingerprint density at radius 2 is 2.24 bits per heavy atom. The lowest BCUT2D eigenvalue weighted by atomic mass is 10.2. The number of thiophene rings is 1. The third kappa shape index (κ3) is 4.56. The summed E-state index contributed by atoms with van der Waals surface area (Å²) < 4.78 is 4.55. The van der Waals surface area contributed by atoms with E-state index in [0.717, 1.165) is 6.42 Å². The van der Waals surface area contributed by atoms with Crippen LogP contribution in [-0.2, 0) is 20.7 Å². The molecule has 0 spiro atoms. The number of nitrogens with zero attached hydrogens (tertiary/aromatic N) is 1. The number of esters is 1. The maximum Gasteiger partial charge on any atom is 0.325 e. The number of carbonyl (C=O) groups is 2. The molecule has 0 aliphatic heterocycles. The minimum absolute atomic E-state index is 0.00806. The van der Waals surface area contributed by atoms with E-state index in [2.05, 4.69) is 4.74 Å². The van der Waals surface area contributed by atoms with Gasteiger partial charge in [0.1, 0.15) is 6.54 Å². The van der Waals surface area contributed by atoms with E-state index in [9.17, 15) is 9.59 Å². The summed E-state index contributed by atoms with van der Waals surface area (Å²) in [6, 6.07) is 3.98. The quantitative estimate of drug-likeness (QED) is 0.727. The van der Waals surface area contributed by atoms with E-state index in [1.165, 1.54) is 16.9 Å². The number of rotatable bonds is 6. The van der Waals surface area contributed by atoms with Gasteiger partial charge in [0.15, 0.2) is 0 Å². The van der Waals surface area contributed by atoms with Crippen molar-refractivity contribution >= 4 is 23.2 Å². The topological polar surface area (TPSA) is 46.6 Å². The SMILES string of the molecule is CCN(CC(=O)OC)C(=O)CCc1cccs1. The van der Waals surface area contributed by atoms with E-state index >= 15 is 0 Å². The summed E-state index contributed by atoms with van der Waals surface area (Å²) in [5.41, 5.74) is 0. The maximum absolute atomic E-state index is 11.8. The van der Waals surface area contributed by atoms with E-state index in [4.69, 9.17) is 0 Å². The van der Waals surface area contributed by atoms with Gasteiger partial charge in [-0.05, 0) is 24.8 Å². The van der Waals surface area contributed by atoms with Crippen molar-refractivity contribution in [2.24, 2.45) is 0 Å². The van der Waals surface area contributed by atoms with Crippen LogP contribution in [0.4, 0.5) is 0 Å². The van der Waals surface area contributed by atoms with Crippen molar-refractivity contribution in [3.05, 3.63) is 22.4 Å². The lowest BCUT2D eigenvalue weighted by Gasteiger charge is -2.19. The fourth-order valence-electron chi connectivity index (χ4n) is 1.44. The third-order valence-corrected chi connectivity index (χ3v) is 3.38. The Morgan fingerprint density at radius 3 is 2.76 bits per heavy atom. The molecular formula is C12H17NO3S. The van der Waals surface area contributed by atoms with Gasteiger partial charge in [-0.2, -0.15) is 0 Å². The van der Waals surface area contributed by atoms with Crippen LogP contribution < -0.4 is 0 Å². The van der Waals surface area contributed by atoms with E-state index < -0.39 is 0 Å². The second kappa shape index (κ2) is 7.06.